The highest BCUT2D eigenvalue weighted by Gasteiger charge is 2.45. The molecule has 0 spiro atoms. The number of nitrogens with zero attached hydrogens (tertiary/aromatic N) is 3. The van der Waals surface area contributed by atoms with Crippen molar-refractivity contribution in [2.45, 2.75) is 31.5 Å². The molecule has 2 saturated heterocycles. The summed E-state index contributed by atoms with van der Waals surface area (Å²) in [7, 11) is 0. The standard InChI is InChI=1S/C15H15ClF3N3O3/c16-10-7-9(15(17,18)19)8-20-12(10)25-6-5-22-13(23)11-3-1-2-4-21(11)14(22)24/h7-8,11H,1-6H2/t11-/m0/s1. The Morgan fingerprint density at radius 1 is 1.32 bits per heavy atom. The van der Waals surface area contributed by atoms with Gasteiger partial charge in [0, 0.05) is 12.7 Å². The fourth-order valence-corrected chi connectivity index (χ4v) is 3.19. The minimum absolute atomic E-state index is 0.0102. The summed E-state index contributed by atoms with van der Waals surface area (Å²) >= 11 is 5.74. The summed E-state index contributed by atoms with van der Waals surface area (Å²) in [6.07, 6.45) is -1.52. The highest BCUT2D eigenvalue weighted by molar-refractivity contribution is 6.31. The number of pyridine rings is 1. The van der Waals surface area contributed by atoms with E-state index in [0.29, 0.717) is 19.2 Å². The Bertz CT molecular complexity index is 674. The summed E-state index contributed by atoms with van der Waals surface area (Å²) in [5.74, 6) is -0.439. The summed E-state index contributed by atoms with van der Waals surface area (Å²) < 4.78 is 42.9. The number of carbonyl (C=O) groups is 2. The smallest absolute Gasteiger partial charge is 0.417 e. The normalized spacial score (nSPS) is 20.9. The van der Waals surface area contributed by atoms with E-state index in [0.717, 1.165) is 23.8 Å². The van der Waals surface area contributed by atoms with Gasteiger partial charge in [-0.3, -0.25) is 9.69 Å². The lowest BCUT2D eigenvalue weighted by atomic mass is 10.0. The molecule has 2 fully saturated rings. The molecular formula is C15H15ClF3N3O3. The van der Waals surface area contributed by atoms with Gasteiger partial charge < -0.3 is 9.64 Å². The Morgan fingerprint density at radius 2 is 2.08 bits per heavy atom. The molecule has 0 aromatic carbocycles. The monoisotopic (exact) mass is 377 g/mol. The number of halogens is 4. The van der Waals surface area contributed by atoms with Crippen molar-refractivity contribution in [1.29, 1.82) is 0 Å². The maximum atomic E-state index is 12.6. The number of alkyl halides is 3. The summed E-state index contributed by atoms with van der Waals surface area (Å²) in [4.78, 5) is 30.7. The van der Waals surface area contributed by atoms with Gasteiger partial charge >= 0.3 is 12.2 Å². The van der Waals surface area contributed by atoms with Gasteiger partial charge in [0.2, 0.25) is 5.88 Å². The van der Waals surface area contributed by atoms with E-state index in [2.05, 4.69) is 4.98 Å². The molecular weight excluding hydrogens is 363 g/mol. The van der Waals surface area contributed by atoms with E-state index in [1.165, 1.54) is 0 Å². The Labute approximate surface area is 146 Å². The molecule has 1 aromatic heterocycles. The molecule has 3 heterocycles. The fraction of sp³-hybridized carbons (Fsp3) is 0.533. The first kappa shape index (κ1) is 17.8. The Morgan fingerprint density at radius 3 is 2.72 bits per heavy atom. The van der Waals surface area contributed by atoms with E-state index < -0.39 is 17.8 Å². The van der Waals surface area contributed by atoms with Crippen LogP contribution in [0.3, 0.4) is 0 Å². The van der Waals surface area contributed by atoms with Gasteiger partial charge in [-0.05, 0) is 25.3 Å². The highest BCUT2D eigenvalue weighted by atomic mass is 35.5. The number of amides is 3. The molecule has 6 nitrogen and oxygen atoms in total. The van der Waals surface area contributed by atoms with Crippen molar-refractivity contribution in [3.8, 4) is 5.88 Å². The Kier molecular flexibility index (Phi) is 4.77. The summed E-state index contributed by atoms with van der Waals surface area (Å²) in [5.41, 5.74) is -0.980. The molecule has 0 unspecified atom stereocenters. The molecule has 3 rings (SSSR count). The molecule has 1 atom stereocenters. The van der Waals surface area contributed by atoms with Crippen molar-refractivity contribution < 1.29 is 27.5 Å². The number of imide groups is 1. The quantitative estimate of drug-likeness (QED) is 0.757. The van der Waals surface area contributed by atoms with Gasteiger partial charge in [-0.15, -0.1) is 0 Å². The van der Waals surface area contributed by atoms with Crippen LogP contribution in [0, 0.1) is 0 Å². The van der Waals surface area contributed by atoms with Gasteiger partial charge in [0.25, 0.3) is 5.91 Å². The van der Waals surface area contributed by atoms with E-state index in [1.54, 1.807) is 4.90 Å². The number of hydrogen-bond donors (Lipinski definition) is 0. The second-order valence-corrected chi connectivity index (χ2v) is 6.24. The van der Waals surface area contributed by atoms with Crippen LogP contribution in [0.15, 0.2) is 12.3 Å². The SMILES string of the molecule is O=C1[C@@H]2CCCCN2C(=O)N1CCOc1ncc(C(F)(F)F)cc1Cl. The molecule has 2 aliphatic heterocycles. The Balaban J connectivity index is 1.60. The van der Waals surface area contributed by atoms with Crippen molar-refractivity contribution in [2.75, 3.05) is 19.7 Å². The van der Waals surface area contributed by atoms with E-state index in [-0.39, 0.29) is 36.0 Å². The van der Waals surface area contributed by atoms with Gasteiger partial charge in [0.1, 0.15) is 17.7 Å². The topological polar surface area (TPSA) is 62.7 Å². The van der Waals surface area contributed by atoms with Crippen LogP contribution in [0.1, 0.15) is 24.8 Å². The van der Waals surface area contributed by atoms with Gasteiger partial charge in [0.05, 0.1) is 12.1 Å². The largest absolute Gasteiger partial charge is 0.475 e. The summed E-state index contributed by atoms with van der Waals surface area (Å²) in [5, 5.41) is -0.286. The molecule has 10 heteroatoms. The molecule has 25 heavy (non-hydrogen) atoms. The summed E-state index contributed by atoms with van der Waals surface area (Å²) in [6.45, 7) is 0.443. The molecule has 0 saturated carbocycles. The highest BCUT2D eigenvalue weighted by Crippen LogP contribution is 2.33. The average Bonchev–Trinajstić information content (AvgIpc) is 2.80. The van der Waals surface area contributed by atoms with Crippen LogP contribution in [0.2, 0.25) is 5.02 Å². The van der Waals surface area contributed by atoms with E-state index in [4.69, 9.17) is 16.3 Å². The van der Waals surface area contributed by atoms with E-state index in [9.17, 15) is 22.8 Å². The Hall–Kier alpha value is -2.03. The van der Waals surface area contributed by atoms with Gasteiger partial charge in [-0.1, -0.05) is 11.6 Å². The molecule has 1 aromatic rings. The minimum atomic E-state index is -4.55. The predicted molar refractivity (Wildman–Crippen MR) is 81.2 cm³/mol. The van der Waals surface area contributed by atoms with E-state index in [1.807, 2.05) is 0 Å². The first-order chi connectivity index (χ1) is 11.8. The number of carbonyl (C=O) groups excluding carboxylic acids is 2. The molecule has 0 bridgehead atoms. The van der Waals surface area contributed by atoms with Crippen LogP contribution in [0.4, 0.5) is 18.0 Å². The number of aromatic nitrogens is 1. The van der Waals surface area contributed by atoms with Crippen molar-refractivity contribution in [3.05, 3.63) is 22.8 Å². The average molecular weight is 378 g/mol. The van der Waals surface area contributed by atoms with Gasteiger partial charge in [-0.2, -0.15) is 13.2 Å². The van der Waals surface area contributed by atoms with Crippen molar-refractivity contribution in [2.24, 2.45) is 0 Å². The maximum Gasteiger partial charge on any atom is 0.417 e. The second kappa shape index (κ2) is 6.70. The lowest BCUT2D eigenvalue weighted by molar-refractivity contribution is -0.138. The predicted octanol–water partition coefficient (Wildman–Crippen LogP) is 2.95. The van der Waals surface area contributed by atoms with Crippen LogP contribution in [-0.2, 0) is 11.0 Å². The third-order valence-electron chi connectivity index (χ3n) is 4.22. The number of urea groups is 1. The first-order valence-electron chi connectivity index (χ1n) is 7.76. The molecule has 0 N–H and O–H groups in total. The number of hydrogen-bond acceptors (Lipinski definition) is 4. The van der Waals surface area contributed by atoms with E-state index >= 15 is 0 Å². The number of fused-ring (bicyclic) bond motifs is 1. The maximum absolute atomic E-state index is 12.6. The molecule has 3 amide bonds. The minimum Gasteiger partial charge on any atom is -0.475 e. The lowest BCUT2D eigenvalue weighted by Gasteiger charge is -2.26. The fourth-order valence-electron chi connectivity index (χ4n) is 2.97. The van der Waals surface area contributed by atoms with Gasteiger partial charge in [0.15, 0.2) is 0 Å². The van der Waals surface area contributed by atoms with Crippen LogP contribution in [0.25, 0.3) is 0 Å². The molecule has 136 valence electrons. The molecule has 2 aliphatic rings. The van der Waals surface area contributed by atoms with Crippen LogP contribution >= 0.6 is 11.6 Å². The van der Waals surface area contributed by atoms with Crippen molar-refractivity contribution >= 4 is 23.5 Å². The third kappa shape index (κ3) is 3.51. The number of rotatable bonds is 4. The van der Waals surface area contributed by atoms with Crippen molar-refractivity contribution in [3.63, 3.8) is 0 Å². The van der Waals surface area contributed by atoms with Crippen LogP contribution in [-0.4, -0.2) is 52.5 Å². The number of ether oxygens (including phenoxy) is 1. The van der Waals surface area contributed by atoms with Crippen LogP contribution in [0.5, 0.6) is 5.88 Å². The zero-order chi connectivity index (χ0) is 18.2. The van der Waals surface area contributed by atoms with Gasteiger partial charge in [-0.25, -0.2) is 9.78 Å². The lowest BCUT2D eigenvalue weighted by Crippen LogP contribution is -2.39. The summed E-state index contributed by atoms with van der Waals surface area (Å²) in [6, 6.07) is -0.0464. The first-order valence-corrected chi connectivity index (χ1v) is 8.14. The molecule has 0 aliphatic carbocycles. The zero-order valence-electron chi connectivity index (χ0n) is 13.1. The second-order valence-electron chi connectivity index (χ2n) is 5.83. The van der Waals surface area contributed by atoms with Crippen molar-refractivity contribution in [1.82, 2.24) is 14.8 Å². The molecule has 0 radical (unpaired) electrons. The zero-order valence-corrected chi connectivity index (χ0v) is 13.8. The number of piperidine rings is 1. The van der Waals surface area contributed by atoms with Crippen LogP contribution < -0.4 is 4.74 Å². The third-order valence-corrected chi connectivity index (χ3v) is 4.49.